The van der Waals surface area contributed by atoms with E-state index in [-0.39, 0.29) is 0 Å². The first-order valence-electron chi connectivity index (χ1n) is 7.82. The van der Waals surface area contributed by atoms with Gasteiger partial charge in [-0.25, -0.2) is 0 Å². The van der Waals surface area contributed by atoms with Gasteiger partial charge in [0.25, 0.3) is 10.2 Å². The molecule has 1 fully saturated rings. The van der Waals surface area contributed by atoms with Crippen LogP contribution in [0.2, 0.25) is 0 Å². The van der Waals surface area contributed by atoms with Crippen LogP contribution in [-0.4, -0.2) is 56.3 Å². The third-order valence-corrected chi connectivity index (χ3v) is 6.06. The number of hydrogen-bond acceptors (Lipinski definition) is 3. The molecule has 20 heavy (non-hydrogen) atoms. The average molecular weight is 305 g/mol. The fourth-order valence-electron chi connectivity index (χ4n) is 2.55. The first-order valence-corrected chi connectivity index (χ1v) is 9.22. The molecular weight excluding hydrogens is 274 g/mol. The van der Waals surface area contributed by atoms with Crippen molar-refractivity contribution in [3.8, 4) is 0 Å². The minimum absolute atomic E-state index is 0.449. The zero-order valence-corrected chi connectivity index (χ0v) is 14.2. The molecule has 1 aliphatic heterocycles. The van der Waals surface area contributed by atoms with Gasteiger partial charge in [0.2, 0.25) is 0 Å². The molecule has 1 rings (SSSR count). The average Bonchev–Trinajstić information content (AvgIpc) is 2.43. The molecule has 120 valence electrons. The maximum absolute atomic E-state index is 12.4. The fraction of sp³-hybridized carbons (Fsp3) is 1.00. The second kappa shape index (κ2) is 8.32. The van der Waals surface area contributed by atoms with Gasteiger partial charge in [-0.1, -0.05) is 27.2 Å². The molecule has 0 unspecified atom stereocenters. The Morgan fingerprint density at radius 2 is 1.90 bits per heavy atom. The van der Waals surface area contributed by atoms with Crippen LogP contribution in [-0.2, 0) is 10.2 Å². The van der Waals surface area contributed by atoms with Crippen molar-refractivity contribution >= 4 is 10.2 Å². The molecule has 0 saturated carbocycles. The second-order valence-electron chi connectivity index (χ2n) is 6.04. The molecule has 0 aromatic heterocycles. The van der Waals surface area contributed by atoms with Gasteiger partial charge >= 0.3 is 0 Å². The number of nitrogens with one attached hydrogen (secondary N) is 1. The van der Waals surface area contributed by atoms with Gasteiger partial charge in [0.15, 0.2) is 0 Å². The molecule has 1 N–H and O–H groups in total. The number of rotatable bonds is 8. The van der Waals surface area contributed by atoms with Gasteiger partial charge in [-0.2, -0.15) is 17.0 Å². The topological polar surface area (TPSA) is 52.7 Å². The zero-order valence-electron chi connectivity index (χ0n) is 13.4. The number of piperidine rings is 1. The summed E-state index contributed by atoms with van der Waals surface area (Å²) >= 11 is 0. The highest BCUT2D eigenvalue weighted by molar-refractivity contribution is 7.86. The Hall–Kier alpha value is -0.170. The summed E-state index contributed by atoms with van der Waals surface area (Å²) in [6.45, 7) is 9.16. The molecule has 0 aromatic rings. The fourth-order valence-corrected chi connectivity index (χ4v) is 3.98. The van der Waals surface area contributed by atoms with Gasteiger partial charge in [-0.05, 0) is 31.7 Å². The van der Waals surface area contributed by atoms with Crippen molar-refractivity contribution in [1.82, 2.24) is 13.9 Å². The zero-order chi connectivity index (χ0) is 15.2. The molecule has 5 nitrogen and oxygen atoms in total. The molecule has 0 radical (unpaired) electrons. The molecule has 0 bridgehead atoms. The summed E-state index contributed by atoms with van der Waals surface area (Å²) in [5.74, 6) is 0.696. The van der Waals surface area contributed by atoms with Crippen LogP contribution in [0.3, 0.4) is 0 Å². The Morgan fingerprint density at radius 3 is 2.40 bits per heavy atom. The highest BCUT2D eigenvalue weighted by atomic mass is 32.2. The van der Waals surface area contributed by atoms with Crippen LogP contribution in [0.4, 0.5) is 0 Å². The highest BCUT2D eigenvalue weighted by Crippen LogP contribution is 2.22. The Morgan fingerprint density at radius 1 is 1.30 bits per heavy atom. The van der Waals surface area contributed by atoms with E-state index in [1.54, 1.807) is 11.4 Å². The third kappa shape index (κ3) is 5.31. The number of hydrogen-bond donors (Lipinski definition) is 1. The summed E-state index contributed by atoms with van der Waals surface area (Å²) in [5.41, 5.74) is 0. The molecule has 6 heteroatoms. The van der Waals surface area contributed by atoms with Crippen LogP contribution >= 0.6 is 0 Å². The molecule has 0 atom stereocenters. The molecule has 0 spiro atoms. The Labute approximate surface area is 124 Å². The molecule has 1 aliphatic rings. The quantitative estimate of drug-likeness (QED) is 0.694. The molecular formula is C14H31N3O2S. The van der Waals surface area contributed by atoms with Gasteiger partial charge < -0.3 is 5.32 Å². The first kappa shape index (κ1) is 17.9. The Kier molecular flexibility index (Phi) is 7.43. The normalized spacial score (nSPS) is 19.1. The monoisotopic (exact) mass is 305 g/mol. The summed E-state index contributed by atoms with van der Waals surface area (Å²) in [5, 5.41) is 3.31. The van der Waals surface area contributed by atoms with Crippen molar-refractivity contribution in [3.05, 3.63) is 0 Å². The number of nitrogens with zero attached hydrogens (tertiary/aromatic N) is 2. The Bertz CT molecular complexity index is 363. The van der Waals surface area contributed by atoms with E-state index >= 15 is 0 Å². The highest BCUT2D eigenvalue weighted by Gasteiger charge is 2.30. The van der Waals surface area contributed by atoms with Crippen molar-refractivity contribution in [1.29, 1.82) is 0 Å². The predicted molar refractivity (Wildman–Crippen MR) is 83.9 cm³/mol. The summed E-state index contributed by atoms with van der Waals surface area (Å²) in [6, 6.07) is 0.449. The summed E-state index contributed by atoms with van der Waals surface area (Å²) in [6.07, 6.45) is 4.00. The van der Waals surface area contributed by atoms with E-state index < -0.39 is 10.2 Å². The largest absolute Gasteiger partial charge is 0.314 e. The van der Waals surface area contributed by atoms with Crippen molar-refractivity contribution in [2.24, 2.45) is 5.92 Å². The lowest BCUT2D eigenvalue weighted by atomic mass is 9.96. The van der Waals surface area contributed by atoms with Gasteiger partial charge in [-0.15, -0.1) is 0 Å². The standard InChI is InChI=1S/C14H31N3O2S/c1-5-14-7-11-17(12-8-14)20(18,19)16(4)10-6-9-15-13(2)3/h13-15H,5-12H2,1-4H3. The van der Waals surface area contributed by atoms with Crippen molar-refractivity contribution in [2.45, 2.75) is 52.5 Å². The van der Waals surface area contributed by atoms with Crippen LogP contribution in [0.25, 0.3) is 0 Å². The van der Waals surface area contributed by atoms with E-state index in [1.807, 2.05) is 0 Å². The van der Waals surface area contributed by atoms with E-state index in [0.717, 1.165) is 32.2 Å². The third-order valence-electron chi connectivity index (χ3n) is 4.07. The Balaban J connectivity index is 2.39. The summed E-state index contributed by atoms with van der Waals surface area (Å²) < 4.78 is 28.0. The van der Waals surface area contributed by atoms with Crippen LogP contribution in [0, 0.1) is 5.92 Å². The van der Waals surface area contributed by atoms with E-state index in [2.05, 4.69) is 26.1 Å². The van der Waals surface area contributed by atoms with E-state index in [1.165, 1.54) is 4.31 Å². The maximum atomic E-state index is 12.4. The lowest BCUT2D eigenvalue weighted by Gasteiger charge is -2.33. The van der Waals surface area contributed by atoms with Gasteiger partial charge in [0, 0.05) is 32.7 Å². The van der Waals surface area contributed by atoms with E-state index in [0.29, 0.717) is 31.6 Å². The smallest absolute Gasteiger partial charge is 0.281 e. The van der Waals surface area contributed by atoms with Crippen LogP contribution < -0.4 is 5.32 Å². The molecule has 0 amide bonds. The van der Waals surface area contributed by atoms with Crippen molar-refractivity contribution in [3.63, 3.8) is 0 Å². The maximum Gasteiger partial charge on any atom is 0.281 e. The van der Waals surface area contributed by atoms with Crippen molar-refractivity contribution < 1.29 is 8.42 Å². The van der Waals surface area contributed by atoms with E-state index in [9.17, 15) is 8.42 Å². The van der Waals surface area contributed by atoms with Crippen LogP contribution in [0.1, 0.15) is 46.5 Å². The summed E-state index contributed by atoms with van der Waals surface area (Å²) in [7, 11) is -1.56. The van der Waals surface area contributed by atoms with Gasteiger partial charge in [-0.3, -0.25) is 0 Å². The molecule has 0 aromatic carbocycles. The van der Waals surface area contributed by atoms with E-state index in [4.69, 9.17) is 0 Å². The van der Waals surface area contributed by atoms with Crippen LogP contribution in [0.15, 0.2) is 0 Å². The lowest BCUT2D eigenvalue weighted by molar-refractivity contribution is 0.254. The second-order valence-corrected chi connectivity index (χ2v) is 8.08. The molecule has 0 aliphatic carbocycles. The minimum atomic E-state index is -3.26. The van der Waals surface area contributed by atoms with Crippen LogP contribution in [0.5, 0.6) is 0 Å². The predicted octanol–water partition coefficient (Wildman–Crippen LogP) is 1.67. The van der Waals surface area contributed by atoms with Crippen molar-refractivity contribution in [2.75, 3.05) is 33.2 Å². The molecule has 1 heterocycles. The molecule has 1 saturated heterocycles. The van der Waals surface area contributed by atoms with Gasteiger partial charge in [0.1, 0.15) is 0 Å². The SMILES string of the molecule is CCC1CCN(S(=O)(=O)N(C)CCCNC(C)C)CC1. The first-order chi connectivity index (χ1) is 9.37. The summed E-state index contributed by atoms with van der Waals surface area (Å²) in [4.78, 5) is 0. The van der Waals surface area contributed by atoms with Gasteiger partial charge in [0.05, 0.1) is 0 Å². The minimum Gasteiger partial charge on any atom is -0.314 e. The lowest BCUT2D eigenvalue weighted by Crippen LogP contribution is -2.46.